The van der Waals surface area contributed by atoms with Gasteiger partial charge in [-0.15, -0.1) is 0 Å². The molecular formula is C36H32O6. The third-order valence-electron chi connectivity index (χ3n) is 8.68. The van der Waals surface area contributed by atoms with Crippen molar-refractivity contribution in [1.29, 1.82) is 0 Å². The summed E-state index contributed by atoms with van der Waals surface area (Å²) >= 11 is 0. The van der Waals surface area contributed by atoms with Crippen LogP contribution < -0.4 is 4.74 Å². The van der Waals surface area contributed by atoms with Gasteiger partial charge in [-0.25, -0.2) is 0 Å². The molecule has 3 aliphatic rings. The molecule has 6 heteroatoms. The maximum Gasteiger partial charge on any atom is 0.124 e. The van der Waals surface area contributed by atoms with Gasteiger partial charge in [-0.1, -0.05) is 66.7 Å². The number of fused-ring (bicyclic) bond motifs is 2. The molecule has 3 saturated heterocycles. The van der Waals surface area contributed by atoms with Gasteiger partial charge >= 0.3 is 0 Å². The minimum Gasteiger partial charge on any atom is -0.508 e. The van der Waals surface area contributed by atoms with E-state index in [1.165, 1.54) is 0 Å². The fourth-order valence-corrected chi connectivity index (χ4v) is 6.34. The summed E-state index contributed by atoms with van der Waals surface area (Å²) in [5.41, 5.74) is 4.82. The molecule has 0 aromatic heterocycles. The van der Waals surface area contributed by atoms with E-state index in [2.05, 4.69) is 36.4 Å². The summed E-state index contributed by atoms with van der Waals surface area (Å²) < 4.78 is 23.3. The van der Waals surface area contributed by atoms with Crippen molar-refractivity contribution in [3.63, 3.8) is 0 Å². The topological polar surface area (TPSA) is 87.3 Å². The zero-order chi connectivity index (χ0) is 28.2. The molecule has 0 radical (unpaired) electrons. The van der Waals surface area contributed by atoms with Crippen LogP contribution in [-0.4, -0.2) is 55.0 Å². The van der Waals surface area contributed by atoms with E-state index in [9.17, 15) is 10.2 Å². The monoisotopic (exact) mass is 560 g/mol. The van der Waals surface area contributed by atoms with E-state index in [1.54, 1.807) is 12.1 Å². The van der Waals surface area contributed by atoms with Crippen LogP contribution in [0.4, 0.5) is 0 Å². The van der Waals surface area contributed by atoms with Crippen molar-refractivity contribution in [2.24, 2.45) is 0 Å². The zero-order valence-corrected chi connectivity index (χ0v) is 23.2. The quantitative estimate of drug-likeness (QED) is 0.155. The van der Waals surface area contributed by atoms with Crippen molar-refractivity contribution in [1.82, 2.24) is 0 Å². The number of epoxide rings is 3. The first-order valence-electron chi connectivity index (χ1n) is 14.7. The van der Waals surface area contributed by atoms with Gasteiger partial charge in [-0.05, 0) is 50.9 Å². The number of rotatable bonds is 10. The molecule has 3 fully saturated rings. The number of hydrogen-bond donors (Lipinski definition) is 2. The summed E-state index contributed by atoms with van der Waals surface area (Å²) in [5.74, 6) is 0.857. The molecule has 42 heavy (non-hydrogen) atoms. The highest BCUT2D eigenvalue weighted by Gasteiger charge is 2.35. The predicted molar refractivity (Wildman–Crippen MR) is 161 cm³/mol. The van der Waals surface area contributed by atoms with E-state index in [4.69, 9.17) is 18.9 Å². The van der Waals surface area contributed by atoms with Crippen LogP contribution in [0.2, 0.25) is 0 Å². The zero-order valence-electron chi connectivity index (χ0n) is 23.2. The second kappa shape index (κ2) is 10.3. The van der Waals surface area contributed by atoms with Gasteiger partial charge in [0.15, 0.2) is 0 Å². The lowest BCUT2D eigenvalue weighted by Gasteiger charge is -2.28. The highest BCUT2D eigenvalue weighted by atomic mass is 16.6. The SMILES string of the molecule is Oc1ccc(C(c2c(OCC3CO3)ccc3ccccc23)c2c(O)c(CC3CO3)c(CC3CO3)c3ccccc23)cc1. The number of ether oxygens (including phenoxy) is 4. The lowest BCUT2D eigenvalue weighted by Crippen LogP contribution is -2.13. The normalized spacial score (nSPS) is 21.4. The van der Waals surface area contributed by atoms with Gasteiger partial charge in [0.1, 0.15) is 30.0 Å². The molecule has 0 amide bonds. The molecule has 8 rings (SSSR count). The summed E-state index contributed by atoms with van der Waals surface area (Å²) in [6.45, 7) is 2.61. The van der Waals surface area contributed by atoms with Crippen LogP contribution in [0.5, 0.6) is 17.2 Å². The first kappa shape index (κ1) is 25.6. The molecule has 2 N–H and O–H groups in total. The molecule has 4 atom stereocenters. The summed E-state index contributed by atoms with van der Waals surface area (Å²) in [7, 11) is 0. The van der Waals surface area contributed by atoms with Gasteiger partial charge in [-0.2, -0.15) is 0 Å². The van der Waals surface area contributed by atoms with Crippen molar-refractivity contribution < 1.29 is 29.2 Å². The standard InChI is InChI=1S/C36H32O6/c37-23-12-9-22(10-13-23)33(34-27-6-2-1-5-21(27)11-14-32(34)42-20-26-19-41-26)35-29-8-4-3-7-28(29)30(15-24-17-39-24)31(36(35)38)16-25-18-40-25/h1-14,24-26,33,37-38H,15-20H2. The second-order valence-corrected chi connectivity index (χ2v) is 11.6. The number of phenolic OH excluding ortho intramolecular Hbond substituents is 2. The van der Waals surface area contributed by atoms with Gasteiger partial charge in [0.25, 0.3) is 0 Å². The molecule has 6 nitrogen and oxygen atoms in total. The Kier molecular flexibility index (Phi) is 6.29. The van der Waals surface area contributed by atoms with Crippen LogP contribution in [0.1, 0.15) is 33.7 Å². The van der Waals surface area contributed by atoms with Gasteiger partial charge < -0.3 is 29.2 Å². The van der Waals surface area contributed by atoms with Crippen molar-refractivity contribution >= 4 is 21.5 Å². The minimum atomic E-state index is -0.387. The first-order valence-corrected chi connectivity index (χ1v) is 14.7. The minimum absolute atomic E-state index is 0.0970. The molecule has 4 unspecified atom stereocenters. The van der Waals surface area contributed by atoms with Gasteiger partial charge in [0.05, 0.1) is 32.0 Å². The third-order valence-corrected chi connectivity index (χ3v) is 8.68. The third kappa shape index (κ3) is 4.86. The second-order valence-electron chi connectivity index (χ2n) is 11.6. The Hall–Kier alpha value is -4.10. The van der Waals surface area contributed by atoms with Crippen LogP contribution in [0.15, 0.2) is 84.9 Å². The molecule has 3 heterocycles. The molecule has 5 aromatic rings. The summed E-state index contributed by atoms with van der Waals surface area (Å²) in [6.07, 6.45) is 1.77. The maximum atomic E-state index is 12.4. The fourth-order valence-electron chi connectivity index (χ4n) is 6.34. The lowest BCUT2D eigenvalue weighted by atomic mass is 9.77. The van der Waals surface area contributed by atoms with Gasteiger partial charge in [0, 0.05) is 35.4 Å². The molecule has 0 saturated carbocycles. The average Bonchev–Trinajstić information content (AvgIpc) is 3.85. The molecule has 212 valence electrons. The van der Waals surface area contributed by atoms with E-state index in [-0.39, 0.29) is 30.0 Å². The predicted octanol–water partition coefficient (Wildman–Crippen LogP) is 6.24. The molecule has 0 spiro atoms. The van der Waals surface area contributed by atoms with Crippen LogP contribution in [0.25, 0.3) is 21.5 Å². The first-order chi connectivity index (χ1) is 20.6. The maximum absolute atomic E-state index is 12.4. The van der Waals surface area contributed by atoms with Crippen LogP contribution >= 0.6 is 0 Å². The number of aromatic hydroxyl groups is 2. The van der Waals surface area contributed by atoms with Crippen molar-refractivity contribution in [2.75, 3.05) is 26.4 Å². The van der Waals surface area contributed by atoms with Gasteiger partial charge in [0.2, 0.25) is 0 Å². The number of benzene rings is 5. The molecule has 3 aliphatic heterocycles. The van der Waals surface area contributed by atoms with Crippen LogP contribution in [-0.2, 0) is 27.1 Å². The Morgan fingerprint density at radius 3 is 1.95 bits per heavy atom. The smallest absolute Gasteiger partial charge is 0.124 e. The molecule has 0 aliphatic carbocycles. The van der Waals surface area contributed by atoms with Gasteiger partial charge in [-0.3, -0.25) is 0 Å². The Balaban J connectivity index is 1.43. The highest BCUT2D eigenvalue weighted by Crippen LogP contribution is 2.50. The van der Waals surface area contributed by atoms with E-state index < -0.39 is 0 Å². The Labute approximate surface area is 244 Å². The fraction of sp³-hybridized carbons (Fsp3) is 0.278. The van der Waals surface area contributed by atoms with Crippen LogP contribution in [0.3, 0.4) is 0 Å². The largest absolute Gasteiger partial charge is 0.508 e. The van der Waals surface area contributed by atoms with Crippen molar-refractivity contribution in [2.45, 2.75) is 37.1 Å². The van der Waals surface area contributed by atoms with E-state index >= 15 is 0 Å². The summed E-state index contributed by atoms with van der Waals surface area (Å²) in [6, 6.07) is 28.1. The van der Waals surface area contributed by atoms with E-state index in [1.807, 2.05) is 36.4 Å². The molecule has 0 bridgehead atoms. The molecular weight excluding hydrogens is 528 g/mol. The summed E-state index contributed by atoms with van der Waals surface area (Å²) in [4.78, 5) is 0. The highest BCUT2D eigenvalue weighted by molar-refractivity contribution is 5.96. The van der Waals surface area contributed by atoms with E-state index in [0.717, 1.165) is 68.1 Å². The average molecular weight is 561 g/mol. The van der Waals surface area contributed by atoms with Crippen molar-refractivity contribution in [3.8, 4) is 17.2 Å². The Bertz CT molecular complexity index is 1780. The summed E-state index contributed by atoms with van der Waals surface area (Å²) in [5, 5.41) is 26.9. The Morgan fingerprint density at radius 2 is 1.26 bits per heavy atom. The Morgan fingerprint density at radius 1 is 0.643 bits per heavy atom. The number of phenols is 2. The number of hydrogen-bond acceptors (Lipinski definition) is 6. The van der Waals surface area contributed by atoms with Crippen LogP contribution in [0, 0.1) is 0 Å². The lowest BCUT2D eigenvalue weighted by molar-refractivity contribution is 0.261. The molecule has 5 aromatic carbocycles. The van der Waals surface area contributed by atoms with Crippen molar-refractivity contribution in [3.05, 3.63) is 113 Å². The van der Waals surface area contributed by atoms with E-state index in [0.29, 0.717) is 32.0 Å².